The van der Waals surface area contributed by atoms with Crippen LogP contribution in [-0.2, 0) is 35.0 Å². The molecule has 2 aromatic heterocycles. The van der Waals surface area contributed by atoms with E-state index in [1.54, 1.807) is 91.0 Å². The van der Waals surface area contributed by atoms with Gasteiger partial charge in [0.1, 0.15) is 24.2 Å². The zero-order valence-corrected chi connectivity index (χ0v) is 60.2. The number of hydrogen-bond acceptors (Lipinski definition) is 18. The van der Waals surface area contributed by atoms with E-state index >= 15 is 0 Å². The first-order valence-electron chi connectivity index (χ1n) is 30.3. The number of carboxylic acids is 2. The molecule has 0 saturated carbocycles. The topological polar surface area (TPSA) is 344 Å². The van der Waals surface area contributed by atoms with E-state index in [1.165, 1.54) is 41.2 Å². The van der Waals surface area contributed by atoms with Gasteiger partial charge in [-0.2, -0.15) is 0 Å². The molecule has 29 heteroatoms. The minimum Gasteiger partial charge on any atom is -0.661 e. The fourth-order valence-corrected chi connectivity index (χ4v) is 9.59. The number of aldehydes is 1. The third kappa shape index (κ3) is 32.5. The van der Waals surface area contributed by atoms with E-state index in [1.807, 2.05) is 50.5 Å². The normalized spacial score (nSPS) is 12.3. The van der Waals surface area contributed by atoms with Gasteiger partial charge >= 0.3 is 49.3 Å². The third-order valence-corrected chi connectivity index (χ3v) is 14.3. The van der Waals surface area contributed by atoms with Crippen LogP contribution in [0.15, 0.2) is 122 Å². The molecule has 0 atom stereocenters. The molecule has 6 aromatic rings. The van der Waals surface area contributed by atoms with E-state index in [-0.39, 0.29) is 66.1 Å². The maximum Gasteiger partial charge on any atom is 1.00 e. The molecule has 0 bridgehead atoms. The maximum atomic E-state index is 13.1. The van der Waals surface area contributed by atoms with E-state index < -0.39 is 43.4 Å². The molecule has 4 amide bonds. The summed E-state index contributed by atoms with van der Waals surface area (Å²) < 4.78 is 22.1. The van der Waals surface area contributed by atoms with Crippen molar-refractivity contribution >= 4 is 74.1 Å². The standard InChI is InChI=1S/C25H29N5O3.C17H21N5O2.C8H19N.C8H8O2.C4H8BO4.2C2H4O2.ClH.Na/c1-28(21-10-12-29(13-11-21)15-20-6-3-4-9-23(20)33-2)25(32)30-16-22(27-17-30)18-7-5-8-19(14-18)24(26)31;1-21(14-5-7-19-8-6-14)17(24)22-10-15(20-11-22)12-3-2-4-13(9-12)16(18)23;1-6-9(7(2)3)8(4)5;1-10-8-5-3-2-4-7(8)6-9;1-3(6)8-5-9-4(2)7;2*1-2(3)4;;/h3-9,14,16-17,21H,10-13,15H2,1-2H3,(H2,26,31);2-4,9-11,14,19H,5-8H2,1H3,(H2,18,23);7-8H,6H2,1-5H3;2-6H,1H3;5H2,1-2H3;2*1H3,(H,3,4);1H;/q;;;;-1;;;;+1. The Hall–Kier alpha value is -8.44. The number of methoxy groups -OCH3 is 2. The second-order valence-corrected chi connectivity index (χ2v) is 21.8. The minimum atomic E-state index is -1.27. The van der Waals surface area contributed by atoms with Crippen molar-refractivity contribution in [3.05, 3.63) is 144 Å². The van der Waals surface area contributed by atoms with Gasteiger partial charge in [-0.1, -0.05) is 61.5 Å². The van der Waals surface area contributed by atoms with Gasteiger partial charge < -0.3 is 55.6 Å². The van der Waals surface area contributed by atoms with Gasteiger partial charge in [0, 0.05) is 126 Å². The molecule has 4 aromatic carbocycles. The summed E-state index contributed by atoms with van der Waals surface area (Å²) in [5.41, 5.74) is 16.0. The number of para-hydroxylation sites is 2. The van der Waals surface area contributed by atoms with Crippen molar-refractivity contribution in [2.75, 3.05) is 61.0 Å². The molecular weight excluding hydrogens is 1260 g/mol. The van der Waals surface area contributed by atoms with E-state index in [2.05, 4.69) is 75.1 Å². The summed E-state index contributed by atoms with van der Waals surface area (Å²) in [4.78, 5) is 114. The second-order valence-electron chi connectivity index (χ2n) is 21.8. The number of nitrogens with two attached hydrogens (primary N) is 2. The number of carbonyl (C=O) groups is 9. The first kappa shape index (κ1) is 86.6. The Balaban J connectivity index is 0.00000124. The summed E-state index contributed by atoms with van der Waals surface area (Å²) in [5.74, 6) is -1.93. The number of rotatable bonds is 16. The monoisotopic (exact) mass is 1350 g/mol. The number of amides is 4. The van der Waals surface area contributed by atoms with E-state index in [9.17, 15) is 33.6 Å². The Kier molecular flexibility index (Phi) is 42.5. The summed E-state index contributed by atoms with van der Waals surface area (Å²) >= 11 is 0. The Morgan fingerprint density at radius 2 is 1.04 bits per heavy atom. The summed E-state index contributed by atoms with van der Waals surface area (Å²) in [5, 5.41) is 18.1. The number of hydrogen-bond donors (Lipinski definition) is 5. The Labute approximate surface area is 586 Å². The van der Waals surface area contributed by atoms with Crippen LogP contribution in [-0.4, -0.2) is 196 Å². The smallest absolute Gasteiger partial charge is 0.661 e. The molecule has 2 aliphatic rings. The molecule has 0 spiro atoms. The molecule has 7 N–H and O–H groups in total. The van der Waals surface area contributed by atoms with Crippen LogP contribution in [0.2, 0.25) is 0 Å². The fourth-order valence-electron chi connectivity index (χ4n) is 9.59. The van der Waals surface area contributed by atoms with Crippen molar-refractivity contribution in [3.8, 4) is 34.0 Å². The minimum absolute atomic E-state index is 0. The van der Waals surface area contributed by atoms with Crippen LogP contribution in [0.4, 0.5) is 9.59 Å². The number of imidazole rings is 2. The molecule has 4 heterocycles. The SMILES string of the molecule is CC(=O)O.CC(=O)O.CC(=O)O[BH2-]OC(C)=O.CCN(C(C)C)C(C)C.CN(C(=O)n1cnc(-c2cccc(C(N)=O)c2)c1)C1CCNCC1.COc1ccccc1C=O.COc1ccccc1CN1CCC(N(C)C(=O)n2cnc(-c3cccc(C(N)=O)c3)c2)CC1.Cl.[Na+]. The number of ether oxygens (including phenoxy) is 2. The van der Waals surface area contributed by atoms with Crippen LogP contribution < -0.4 is 55.8 Å². The number of carboxylic acid groups (broad SMARTS) is 2. The molecule has 95 heavy (non-hydrogen) atoms. The Bertz CT molecular complexity index is 3300. The molecular formula is C66H94BClN11NaO15. The maximum absolute atomic E-state index is 13.1. The molecule has 26 nitrogen and oxygen atoms in total. The Morgan fingerprint density at radius 3 is 1.40 bits per heavy atom. The first-order valence-corrected chi connectivity index (χ1v) is 30.3. The first-order chi connectivity index (χ1) is 44.1. The zero-order valence-electron chi connectivity index (χ0n) is 57.3. The molecule has 0 unspecified atom stereocenters. The van der Waals surface area contributed by atoms with E-state index in [0.717, 1.165) is 102 Å². The van der Waals surface area contributed by atoms with Crippen molar-refractivity contribution in [2.24, 2.45) is 11.5 Å². The van der Waals surface area contributed by atoms with Crippen molar-refractivity contribution in [3.63, 3.8) is 0 Å². The number of nitrogens with zero attached hydrogens (tertiary/aromatic N) is 8. The van der Waals surface area contributed by atoms with Crippen molar-refractivity contribution < 1.29 is 102 Å². The molecule has 0 radical (unpaired) electrons. The van der Waals surface area contributed by atoms with Crippen LogP contribution in [0.5, 0.6) is 11.5 Å². The third-order valence-electron chi connectivity index (χ3n) is 14.3. The number of benzene rings is 4. The Morgan fingerprint density at radius 1 is 0.642 bits per heavy atom. The number of likely N-dealkylation sites (tertiary alicyclic amines) is 1. The number of primary amides is 2. The molecule has 2 saturated heterocycles. The predicted octanol–water partition coefficient (Wildman–Crippen LogP) is 4.87. The summed E-state index contributed by atoms with van der Waals surface area (Å²) in [6.07, 6.45) is 10.9. The number of halogens is 1. The van der Waals surface area contributed by atoms with Crippen LogP contribution in [0, 0.1) is 0 Å². The molecule has 0 aliphatic carbocycles. The van der Waals surface area contributed by atoms with E-state index in [0.29, 0.717) is 45.9 Å². The van der Waals surface area contributed by atoms with Gasteiger partial charge in [0.05, 0.1) is 31.2 Å². The predicted molar refractivity (Wildman–Crippen MR) is 364 cm³/mol. The molecule has 2 aliphatic heterocycles. The van der Waals surface area contributed by atoms with Crippen molar-refractivity contribution in [2.45, 2.75) is 119 Å². The van der Waals surface area contributed by atoms with Gasteiger partial charge in [0.15, 0.2) is 6.29 Å². The van der Waals surface area contributed by atoms with Gasteiger partial charge in [-0.25, -0.2) is 19.6 Å². The van der Waals surface area contributed by atoms with Gasteiger partial charge in [-0.15, -0.1) is 12.4 Å². The second kappa shape index (κ2) is 46.6. The van der Waals surface area contributed by atoms with Gasteiger partial charge in [-0.05, 0) is 115 Å². The summed E-state index contributed by atoms with van der Waals surface area (Å²) in [7, 11) is 5.64. The summed E-state index contributed by atoms with van der Waals surface area (Å²) in [6, 6.07) is 30.6. The average Bonchev–Trinajstić information content (AvgIpc) is 1.78. The number of nitrogens with one attached hydrogen (secondary N) is 1. The van der Waals surface area contributed by atoms with Crippen molar-refractivity contribution in [1.82, 2.24) is 44.0 Å². The quantitative estimate of drug-likeness (QED) is 0.0637. The number of carbonyl (C=O) groups excluding carboxylic acids is 7. The van der Waals surface area contributed by atoms with E-state index in [4.69, 9.17) is 40.7 Å². The van der Waals surface area contributed by atoms with Crippen LogP contribution in [0.1, 0.15) is 125 Å². The van der Waals surface area contributed by atoms with Crippen LogP contribution in [0.25, 0.3) is 22.5 Å². The number of aliphatic carboxylic acids is 2. The largest absolute Gasteiger partial charge is 1.00 e. The van der Waals surface area contributed by atoms with Crippen molar-refractivity contribution in [1.29, 1.82) is 0 Å². The van der Waals surface area contributed by atoms with Gasteiger partial charge in [0.25, 0.3) is 23.9 Å². The molecule has 8 rings (SSSR count). The average molecular weight is 1350 g/mol. The van der Waals surface area contributed by atoms with Crippen LogP contribution >= 0.6 is 12.4 Å². The number of piperidine rings is 2. The van der Waals surface area contributed by atoms with Gasteiger partial charge in [0.2, 0.25) is 11.8 Å². The van der Waals surface area contributed by atoms with Gasteiger partial charge in [-0.3, -0.25) is 52.5 Å². The summed E-state index contributed by atoms with van der Waals surface area (Å²) in [6.45, 7) is 21.6. The van der Waals surface area contributed by atoms with Crippen LogP contribution in [0.3, 0.4) is 0 Å². The zero-order chi connectivity index (χ0) is 69.7. The molecule has 2 fully saturated rings. The number of aromatic nitrogens is 4. The molecule has 514 valence electrons. The fraction of sp³-hybridized carbons (Fsp3) is 0.409.